The molecule has 0 amide bonds. The van der Waals surface area contributed by atoms with Gasteiger partial charge in [0.25, 0.3) is 0 Å². The van der Waals surface area contributed by atoms with Crippen LogP contribution in [0, 0.1) is 0 Å². The first-order valence-corrected chi connectivity index (χ1v) is 4.23. The molecule has 0 aromatic heterocycles. The van der Waals surface area contributed by atoms with Crippen molar-refractivity contribution in [3.8, 4) is 0 Å². The van der Waals surface area contributed by atoms with Gasteiger partial charge in [0, 0.05) is 6.42 Å². The summed E-state index contributed by atoms with van der Waals surface area (Å²) in [6, 6.07) is 0. The third-order valence-corrected chi connectivity index (χ3v) is 2.16. The van der Waals surface area contributed by atoms with E-state index < -0.39 is 5.79 Å². The maximum Gasteiger partial charge on any atom is 0.187 e. The Kier molecular flexibility index (Phi) is 1.88. The second kappa shape index (κ2) is 2.67. The molecule has 0 spiro atoms. The lowest BCUT2D eigenvalue weighted by Crippen LogP contribution is -2.25. The predicted molar refractivity (Wildman–Crippen MR) is 40.4 cm³/mol. The summed E-state index contributed by atoms with van der Waals surface area (Å²) >= 11 is 0. The van der Waals surface area contributed by atoms with Crippen LogP contribution in [-0.4, -0.2) is 36.0 Å². The van der Waals surface area contributed by atoms with Gasteiger partial charge in [0.05, 0.1) is 12.7 Å². The number of rotatable bonds is 1. The predicted octanol–water partition coefficient (Wildman–Crippen LogP) is 0.245. The summed E-state index contributed by atoms with van der Waals surface area (Å²) in [7, 11) is 0. The zero-order chi connectivity index (χ0) is 8.77. The molecule has 70 valence electrons. The maximum absolute atomic E-state index is 8.82. The van der Waals surface area contributed by atoms with Gasteiger partial charge < -0.3 is 19.3 Å². The van der Waals surface area contributed by atoms with Crippen molar-refractivity contribution in [1.82, 2.24) is 0 Å². The molecule has 0 aromatic carbocycles. The van der Waals surface area contributed by atoms with Gasteiger partial charge in [0.15, 0.2) is 12.1 Å². The number of aliphatic hydroxyl groups excluding tert-OH is 1. The largest absolute Gasteiger partial charge is 0.394 e. The van der Waals surface area contributed by atoms with Crippen LogP contribution < -0.4 is 0 Å². The van der Waals surface area contributed by atoms with Gasteiger partial charge in [-0.1, -0.05) is 0 Å². The Balaban J connectivity index is 1.97. The van der Waals surface area contributed by atoms with E-state index in [1.165, 1.54) is 0 Å². The van der Waals surface area contributed by atoms with Crippen LogP contribution in [0.5, 0.6) is 0 Å². The average molecular weight is 174 g/mol. The lowest BCUT2D eigenvalue weighted by molar-refractivity contribution is -0.207. The van der Waals surface area contributed by atoms with Crippen molar-refractivity contribution in [3.63, 3.8) is 0 Å². The first-order chi connectivity index (χ1) is 5.61. The monoisotopic (exact) mass is 174 g/mol. The molecule has 3 unspecified atom stereocenters. The Morgan fingerprint density at radius 2 is 2.17 bits per heavy atom. The van der Waals surface area contributed by atoms with E-state index in [1.807, 2.05) is 13.8 Å². The van der Waals surface area contributed by atoms with Gasteiger partial charge in [-0.15, -0.1) is 0 Å². The van der Waals surface area contributed by atoms with E-state index >= 15 is 0 Å². The lowest BCUT2D eigenvalue weighted by Gasteiger charge is -2.19. The fourth-order valence-electron chi connectivity index (χ4n) is 1.70. The van der Waals surface area contributed by atoms with Crippen LogP contribution in [0.25, 0.3) is 0 Å². The van der Waals surface area contributed by atoms with Crippen molar-refractivity contribution in [2.45, 2.75) is 44.6 Å². The van der Waals surface area contributed by atoms with Crippen LogP contribution in [0.1, 0.15) is 20.3 Å². The molecule has 2 aliphatic heterocycles. The highest BCUT2D eigenvalue weighted by molar-refractivity contribution is 4.84. The molecular formula is C8H14O4. The van der Waals surface area contributed by atoms with E-state index in [4.69, 9.17) is 19.3 Å². The van der Waals surface area contributed by atoms with Crippen LogP contribution in [-0.2, 0) is 14.2 Å². The SMILES string of the molecule is CC1(C)OC2CC(CO)OC2O1. The topological polar surface area (TPSA) is 47.9 Å². The number of hydrogen-bond donors (Lipinski definition) is 1. The van der Waals surface area contributed by atoms with Crippen molar-refractivity contribution in [1.29, 1.82) is 0 Å². The van der Waals surface area contributed by atoms with Crippen LogP contribution >= 0.6 is 0 Å². The molecule has 2 rings (SSSR count). The zero-order valence-electron chi connectivity index (χ0n) is 7.32. The van der Waals surface area contributed by atoms with E-state index in [2.05, 4.69) is 0 Å². The van der Waals surface area contributed by atoms with Crippen molar-refractivity contribution in [2.24, 2.45) is 0 Å². The molecule has 0 aliphatic carbocycles. The summed E-state index contributed by atoms with van der Waals surface area (Å²) in [6.07, 6.45) is 0.329. The third-order valence-electron chi connectivity index (χ3n) is 2.16. The molecule has 0 aromatic rings. The summed E-state index contributed by atoms with van der Waals surface area (Å²) in [5.74, 6) is -0.532. The normalized spacial score (nSPS) is 44.8. The fraction of sp³-hybridized carbons (Fsp3) is 1.00. The van der Waals surface area contributed by atoms with E-state index in [0.717, 1.165) is 6.42 Å². The Morgan fingerprint density at radius 3 is 2.75 bits per heavy atom. The van der Waals surface area contributed by atoms with Crippen molar-refractivity contribution < 1.29 is 19.3 Å². The summed E-state index contributed by atoms with van der Waals surface area (Å²) in [4.78, 5) is 0. The Morgan fingerprint density at radius 1 is 1.42 bits per heavy atom. The zero-order valence-corrected chi connectivity index (χ0v) is 7.32. The van der Waals surface area contributed by atoms with Crippen LogP contribution in [0.4, 0.5) is 0 Å². The highest BCUT2D eigenvalue weighted by Gasteiger charge is 2.48. The van der Waals surface area contributed by atoms with Crippen molar-refractivity contribution >= 4 is 0 Å². The summed E-state index contributed by atoms with van der Waals surface area (Å²) < 4.78 is 16.4. The van der Waals surface area contributed by atoms with E-state index in [1.54, 1.807) is 0 Å². The number of fused-ring (bicyclic) bond motifs is 1. The van der Waals surface area contributed by atoms with Crippen LogP contribution in [0.2, 0.25) is 0 Å². The number of ether oxygens (including phenoxy) is 3. The second-order valence-corrected chi connectivity index (χ2v) is 3.72. The molecule has 2 heterocycles. The Labute approximate surface area is 71.4 Å². The standard InChI is InChI=1S/C8H14O4/c1-8(2)11-6-3-5(4-9)10-7(6)12-8/h5-7,9H,3-4H2,1-2H3. The molecule has 3 atom stereocenters. The summed E-state index contributed by atoms with van der Waals surface area (Å²) in [6.45, 7) is 3.77. The maximum atomic E-state index is 8.82. The highest BCUT2D eigenvalue weighted by atomic mass is 16.8. The van der Waals surface area contributed by atoms with Gasteiger partial charge >= 0.3 is 0 Å². The van der Waals surface area contributed by atoms with Crippen LogP contribution in [0.3, 0.4) is 0 Å². The quantitative estimate of drug-likeness (QED) is 0.619. The van der Waals surface area contributed by atoms with E-state index in [-0.39, 0.29) is 25.1 Å². The minimum absolute atomic E-state index is 0.00264. The molecule has 0 bridgehead atoms. The molecule has 4 heteroatoms. The minimum Gasteiger partial charge on any atom is -0.394 e. The smallest absolute Gasteiger partial charge is 0.187 e. The van der Waals surface area contributed by atoms with E-state index in [0.29, 0.717) is 0 Å². The molecule has 2 fully saturated rings. The minimum atomic E-state index is -0.532. The number of hydrogen-bond acceptors (Lipinski definition) is 4. The molecule has 12 heavy (non-hydrogen) atoms. The first kappa shape index (κ1) is 8.44. The van der Waals surface area contributed by atoms with Crippen molar-refractivity contribution in [2.75, 3.05) is 6.61 Å². The van der Waals surface area contributed by atoms with Gasteiger partial charge in [-0.25, -0.2) is 0 Å². The van der Waals surface area contributed by atoms with Crippen LogP contribution in [0.15, 0.2) is 0 Å². The van der Waals surface area contributed by atoms with Gasteiger partial charge in [-0.05, 0) is 13.8 Å². The Bertz CT molecular complexity index is 164. The number of aliphatic hydroxyl groups is 1. The third kappa shape index (κ3) is 1.35. The fourth-order valence-corrected chi connectivity index (χ4v) is 1.70. The van der Waals surface area contributed by atoms with Crippen molar-refractivity contribution in [3.05, 3.63) is 0 Å². The Hall–Kier alpha value is -0.160. The summed E-state index contributed by atoms with van der Waals surface area (Å²) in [5, 5.41) is 8.82. The molecule has 2 aliphatic rings. The molecule has 0 saturated carbocycles. The molecule has 4 nitrogen and oxygen atoms in total. The highest BCUT2D eigenvalue weighted by Crippen LogP contribution is 2.36. The molecule has 1 N–H and O–H groups in total. The van der Waals surface area contributed by atoms with Gasteiger partial charge in [-0.2, -0.15) is 0 Å². The summed E-state index contributed by atoms with van der Waals surface area (Å²) in [5.41, 5.74) is 0. The molecular weight excluding hydrogens is 160 g/mol. The van der Waals surface area contributed by atoms with Gasteiger partial charge in [0.2, 0.25) is 0 Å². The first-order valence-electron chi connectivity index (χ1n) is 4.23. The second-order valence-electron chi connectivity index (χ2n) is 3.72. The van der Waals surface area contributed by atoms with E-state index in [9.17, 15) is 0 Å². The van der Waals surface area contributed by atoms with Gasteiger partial charge in [0.1, 0.15) is 6.10 Å². The lowest BCUT2D eigenvalue weighted by atomic mass is 10.2. The molecule has 0 radical (unpaired) electrons. The van der Waals surface area contributed by atoms with Gasteiger partial charge in [-0.3, -0.25) is 0 Å². The average Bonchev–Trinajstić information content (AvgIpc) is 2.40. The molecule has 2 saturated heterocycles.